The third kappa shape index (κ3) is 5.84. The number of nitrogens with one attached hydrogen (secondary N) is 1. The molecule has 2 aromatic carbocycles. The molecule has 0 heterocycles. The molecule has 27 heavy (non-hydrogen) atoms. The molecular formula is C16H14Br2F3NO4S. The van der Waals surface area contributed by atoms with Gasteiger partial charge in [-0.25, -0.2) is 8.42 Å². The van der Waals surface area contributed by atoms with E-state index < -0.39 is 21.8 Å². The van der Waals surface area contributed by atoms with Gasteiger partial charge in [0.15, 0.2) is 0 Å². The van der Waals surface area contributed by atoms with Gasteiger partial charge < -0.3 is 9.47 Å². The Morgan fingerprint density at radius 1 is 1.07 bits per heavy atom. The zero-order chi connectivity index (χ0) is 20.2. The number of halogens is 5. The predicted molar refractivity (Wildman–Crippen MR) is 101 cm³/mol. The number of hydrogen-bond acceptors (Lipinski definition) is 4. The summed E-state index contributed by atoms with van der Waals surface area (Å²) >= 11 is 6.30. The molecule has 2 aromatic rings. The molecule has 0 spiro atoms. The van der Waals surface area contributed by atoms with Crippen LogP contribution in [0.1, 0.15) is 5.56 Å². The Labute approximate surface area is 171 Å². The SMILES string of the molecule is COCCOc1ccc(C(F)(F)F)cc1NS(=O)(=O)c1cc(Br)ccc1Br. The molecule has 0 unspecified atom stereocenters. The van der Waals surface area contributed by atoms with Crippen LogP contribution in [-0.4, -0.2) is 28.7 Å². The molecule has 5 nitrogen and oxygen atoms in total. The lowest BCUT2D eigenvalue weighted by Crippen LogP contribution is -2.16. The van der Waals surface area contributed by atoms with Crippen molar-refractivity contribution in [2.24, 2.45) is 0 Å². The lowest BCUT2D eigenvalue weighted by Gasteiger charge is -2.16. The third-order valence-corrected chi connectivity index (χ3v) is 6.13. The zero-order valence-corrected chi connectivity index (χ0v) is 17.8. The molecule has 0 radical (unpaired) electrons. The van der Waals surface area contributed by atoms with Gasteiger partial charge in [0.25, 0.3) is 10.0 Å². The Morgan fingerprint density at radius 2 is 1.78 bits per heavy atom. The minimum Gasteiger partial charge on any atom is -0.489 e. The molecule has 0 bridgehead atoms. The van der Waals surface area contributed by atoms with Crippen LogP contribution in [0, 0.1) is 0 Å². The zero-order valence-electron chi connectivity index (χ0n) is 13.8. The number of alkyl halides is 3. The van der Waals surface area contributed by atoms with E-state index in [0.29, 0.717) is 10.5 Å². The summed E-state index contributed by atoms with van der Waals surface area (Å²) in [5.41, 5.74) is -1.33. The Bertz CT molecular complexity index is 920. The van der Waals surface area contributed by atoms with Crippen molar-refractivity contribution in [1.82, 2.24) is 0 Å². The van der Waals surface area contributed by atoms with Crippen molar-refractivity contribution < 1.29 is 31.1 Å². The highest BCUT2D eigenvalue weighted by molar-refractivity contribution is 9.11. The fraction of sp³-hybridized carbons (Fsp3) is 0.250. The molecule has 2 rings (SSSR count). The monoisotopic (exact) mass is 531 g/mol. The number of ether oxygens (including phenoxy) is 2. The summed E-state index contributed by atoms with van der Waals surface area (Å²) in [6.45, 7) is 0.224. The van der Waals surface area contributed by atoms with Gasteiger partial charge in [-0.15, -0.1) is 0 Å². The Kier molecular flexibility index (Phi) is 7.17. The standard InChI is InChI=1S/C16H14Br2F3NO4S/c1-25-6-7-26-14-5-2-10(16(19,20)21)8-13(14)22-27(23,24)15-9-11(17)3-4-12(15)18/h2-5,8-9,22H,6-7H2,1H3. The van der Waals surface area contributed by atoms with Crippen molar-refractivity contribution in [2.75, 3.05) is 25.0 Å². The van der Waals surface area contributed by atoms with Crippen molar-refractivity contribution in [2.45, 2.75) is 11.1 Å². The Balaban J connectivity index is 2.46. The summed E-state index contributed by atoms with van der Waals surface area (Å²) in [4.78, 5) is -0.142. The van der Waals surface area contributed by atoms with E-state index in [-0.39, 0.29) is 34.0 Å². The largest absolute Gasteiger partial charge is 0.489 e. The van der Waals surface area contributed by atoms with Gasteiger partial charge in [0.1, 0.15) is 17.3 Å². The molecule has 0 aliphatic heterocycles. The van der Waals surface area contributed by atoms with E-state index in [2.05, 4.69) is 36.6 Å². The van der Waals surface area contributed by atoms with E-state index >= 15 is 0 Å². The molecule has 148 valence electrons. The van der Waals surface area contributed by atoms with Crippen LogP contribution in [0.15, 0.2) is 50.2 Å². The quantitative estimate of drug-likeness (QED) is 0.506. The summed E-state index contributed by atoms with van der Waals surface area (Å²) in [6.07, 6.45) is -4.64. The maximum Gasteiger partial charge on any atom is 0.416 e. The van der Waals surface area contributed by atoms with Crippen LogP contribution in [0.25, 0.3) is 0 Å². The second-order valence-electron chi connectivity index (χ2n) is 5.23. The summed E-state index contributed by atoms with van der Waals surface area (Å²) in [5.74, 6) is -0.0465. The molecular weight excluding hydrogens is 519 g/mol. The number of anilines is 1. The van der Waals surface area contributed by atoms with E-state index in [0.717, 1.165) is 12.1 Å². The third-order valence-electron chi connectivity index (χ3n) is 3.28. The molecule has 0 fully saturated rings. The Hall–Kier alpha value is -1.30. The topological polar surface area (TPSA) is 64.6 Å². The fourth-order valence-electron chi connectivity index (χ4n) is 2.03. The first-order valence-corrected chi connectivity index (χ1v) is 10.4. The van der Waals surface area contributed by atoms with Crippen LogP contribution >= 0.6 is 31.9 Å². The molecule has 0 atom stereocenters. The predicted octanol–water partition coefficient (Wildman–Crippen LogP) is 5.06. The molecule has 0 aliphatic rings. The van der Waals surface area contributed by atoms with Gasteiger partial charge in [0.2, 0.25) is 0 Å². The highest BCUT2D eigenvalue weighted by atomic mass is 79.9. The van der Waals surface area contributed by atoms with E-state index in [1.165, 1.54) is 19.2 Å². The van der Waals surface area contributed by atoms with E-state index in [1.807, 2.05) is 0 Å². The van der Waals surface area contributed by atoms with Crippen molar-refractivity contribution in [3.8, 4) is 5.75 Å². The van der Waals surface area contributed by atoms with Crippen molar-refractivity contribution >= 4 is 47.6 Å². The molecule has 0 saturated carbocycles. The van der Waals surface area contributed by atoms with E-state index in [1.54, 1.807) is 6.07 Å². The Morgan fingerprint density at radius 3 is 2.41 bits per heavy atom. The van der Waals surface area contributed by atoms with Crippen molar-refractivity contribution in [1.29, 1.82) is 0 Å². The molecule has 0 amide bonds. The first kappa shape index (κ1) is 22.0. The molecule has 0 aromatic heterocycles. The first-order chi connectivity index (χ1) is 12.5. The maximum absolute atomic E-state index is 13.0. The normalized spacial score (nSPS) is 12.1. The van der Waals surface area contributed by atoms with Crippen molar-refractivity contribution in [3.63, 3.8) is 0 Å². The van der Waals surface area contributed by atoms with Crippen molar-refractivity contribution in [3.05, 3.63) is 50.9 Å². The second kappa shape index (κ2) is 8.80. The smallest absolute Gasteiger partial charge is 0.416 e. The van der Waals surface area contributed by atoms with Crippen LogP contribution in [0.3, 0.4) is 0 Å². The van der Waals surface area contributed by atoms with Gasteiger partial charge in [0.05, 0.1) is 17.9 Å². The molecule has 0 aliphatic carbocycles. The second-order valence-corrected chi connectivity index (χ2v) is 8.65. The van der Waals surface area contributed by atoms with E-state index in [9.17, 15) is 21.6 Å². The summed E-state index contributed by atoms with van der Waals surface area (Å²) in [7, 11) is -2.75. The number of sulfonamides is 1. The van der Waals surface area contributed by atoms with Crippen LogP contribution in [0.5, 0.6) is 5.75 Å². The number of benzene rings is 2. The highest BCUT2D eigenvalue weighted by Gasteiger charge is 2.32. The molecule has 1 N–H and O–H groups in total. The van der Waals surface area contributed by atoms with Crippen LogP contribution < -0.4 is 9.46 Å². The van der Waals surface area contributed by atoms with Gasteiger partial charge in [0, 0.05) is 16.1 Å². The summed E-state index contributed by atoms with van der Waals surface area (Å²) in [6, 6.07) is 7.01. The van der Waals surface area contributed by atoms with Crippen LogP contribution in [-0.2, 0) is 20.9 Å². The van der Waals surface area contributed by atoms with Gasteiger partial charge in [-0.2, -0.15) is 13.2 Å². The maximum atomic E-state index is 13.0. The number of methoxy groups -OCH3 is 1. The summed E-state index contributed by atoms with van der Waals surface area (Å²) < 4.78 is 77.6. The molecule has 11 heteroatoms. The minimum atomic E-state index is -4.64. The number of rotatable bonds is 7. The van der Waals surface area contributed by atoms with Gasteiger partial charge in [-0.05, 0) is 52.3 Å². The van der Waals surface area contributed by atoms with Gasteiger partial charge in [-0.1, -0.05) is 15.9 Å². The fourth-order valence-corrected chi connectivity index (χ4v) is 4.59. The van der Waals surface area contributed by atoms with E-state index in [4.69, 9.17) is 9.47 Å². The van der Waals surface area contributed by atoms with Gasteiger partial charge in [-0.3, -0.25) is 4.72 Å². The number of hydrogen-bond donors (Lipinski definition) is 1. The lowest BCUT2D eigenvalue weighted by atomic mass is 10.2. The average molecular weight is 533 g/mol. The summed E-state index contributed by atoms with van der Waals surface area (Å²) in [5, 5.41) is 0. The van der Waals surface area contributed by atoms with Crippen LogP contribution in [0.4, 0.5) is 18.9 Å². The average Bonchev–Trinajstić information content (AvgIpc) is 2.57. The highest BCUT2D eigenvalue weighted by Crippen LogP contribution is 2.36. The van der Waals surface area contributed by atoms with Gasteiger partial charge >= 0.3 is 6.18 Å². The minimum absolute atomic E-state index is 0.0389. The molecule has 0 saturated heterocycles. The lowest BCUT2D eigenvalue weighted by molar-refractivity contribution is -0.137. The first-order valence-electron chi connectivity index (χ1n) is 7.35. The van der Waals surface area contributed by atoms with Crippen LogP contribution in [0.2, 0.25) is 0 Å².